The first-order chi connectivity index (χ1) is 9.36. The summed E-state index contributed by atoms with van der Waals surface area (Å²) in [7, 11) is 0. The standard InChI is InChI=1S/C13H17.C2F4.Cf/c1-11-7-9-13(10-8-11)12-5-3-2-4-6-12;3-1-2(4,5)6;/h3-6,11,13H,7-10H2,1H3;;. The summed E-state index contributed by atoms with van der Waals surface area (Å²) >= 11 is 0. The Labute approximate surface area is 111 Å². The average Bonchev–Trinajstić information content (AvgIpc) is 2.39. The van der Waals surface area contributed by atoms with Gasteiger partial charge in [-0.05, 0) is 0 Å². The molecular weight excluding hydrogens is 507 g/mol. The Kier molecular flexibility index (Phi) is 3.86. The normalized spacial score (nSPS) is 24.4. The number of hydrogen-bond acceptors (Lipinski definition) is 0. The van der Waals surface area contributed by atoms with E-state index in [2.05, 4.69) is 6.92 Å². The molecule has 1 aliphatic carbocycles. The van der Waals surface area contributed by atoms with Crippen LogP contribution in [0.3, 0.4) is 0 Å². The van der Waals surface area contributed by atoms with Crippen molar-refractivity contribution < 1.29 is 17.6 Å². The van der Waals surface area contributed by atoms with Gasteiger partial charge in [-0.1, -0.05) is 0 Å². The molecule has 0 bridgehead atoms. The van der Waals surface area contributed by atoms with Gasteiger partial charge in [0.05, 0.1) is 0 Å². The van der Waals surface area contributed by atoms with E-state index in [9.17, 15) is 17.6 Å². The Morgan fingerprint density at radius 3 is 2.10 bits per heavy atom. The second-order valence-electron chi connectivity index (χ2n) is 5.28. The van der Waals surface area contributed by atoms with Gasteiger partial charge in [0.15, 0.2) is 0 Å². The third kappa shape index (κ3) is 3.43. The molecule has 0 heterocycles. The summed E-state index contributed by atoms with van der Waals surface area (Å²) in [5, 5.41) is 0. The van der Waals surface area contributed by atoms with E-state index in [1.807, 2.05) is 12.1 Å². The van der Waals surface area contributed by atoms with Crippen molar-refractivity contribution in [3.63, 3.8) is 0 Å². The molecule has 0 amide bonds. The van der Waals surface area contributed by atoms with Crippen molar-refractivity contribution in [2.24, 2.45) is 5.92 Å². The van der Waals surface area contributed by atoms with Crippen molar-refractivity contribution in [3.05, 3.63) is 29.8 Å². The SMILES string of the molecule is CC1CCC(c2cc[c]([Cf]=[C](F)C(F)(F)F)cc2)CC1. The van der Waals surface area contributed by atoms with Gasteiger partial charge in [0.1, 0.15) is 0 Å². The van der Waals surface area contributed by atoms with Gasteiger partial charge in [0.25, 0.3) is 0 Å². The molecule has 0 aliphatic heterocycles. The molecule has 0 spiro atoms. The van der Waals surface area contributed by atoms with Gasteiger partial charge >= 0.3 is 111 Å². The molecule has 2 rings (SSSR count). The van der Waals surface area contributed by atoms with E-state index in [0.717, 1.165) is 18.8 Å². The van der Waals surface area contributed by atoms with Crippen molar-refractivity contribution >= 4 is 12.7 Å². The number of halogens is 4. The molecule has 0 nitrogen and oxygen atoms in total. The van der Waals surface area contributed by atoms with Crippen LogP contribution in [-0.4, -0.2) is 12.9 Å². The first-order valence-electron chi connectivity index (χ1n) is 6.64. The van der Waals surface area contributed by atoms with Crippen LogP contribution in [0.2, 0.25) is 0 Å². The third-order valence-electron chi connectivity index (χ3n) is 3.69. The molecule has 0 atom stereocenters. The van der Waals surface area contributed by atoms with Gasteiger partial charge < -0.3 is 0 Å². The van der Waals surface area contributed by atoms with Crippen molar-refractivity contribution in [3.8, 4) is 0 Å². The number of hydrogen-bond donors (Lipinski definition) is 0. The van der Waals surface area contributed by atoms with E-state index < -0.39 is 12.9 Å². The van der Waals surface area contributed by atoms with Crippen LogP contribution in [0, 0.1) is 5.92 Å². The summed E-state index contributed by atoms with van der Waals surface area (Å²) in [6.45, 7) is 0.465. The van der Waals surface area contributed by atoms with Gasteiger partial charge in [-0.15, -0.1) is 0 Å². The van der Waals surface area contributed by atoms with E-state index in [4.69, 9.17) is 0 Å². The number of benzene rings is 1. The van der Waals surface area contributed by atoms with Gasteiger partial charge in [-0.3, -0.25) is 0 Å². The number of alkyl halides is 3. The van der Waals surface area contributed by atoms with Gasteiger partial charge in [0.2, 0.25) is 0 Å². The van der Waals surface area contributed by atoms with Crippen LogP contribution in [0.15, 0.2) is 24.3 Å². The second-order valence-corrected chi connectivity index (χ2v) is 8.62. The van der Waals surface area contributed by atoms with Crippen molar-refractivity contribution in [2.45, 2.75) is 44.7 Å². The molecule has 1 aliphatic rings. The number of rotatable bonds is 2. The molecule has 1 fully saturated rings. The zero-order valence-electron chi connectivity index (χ0n) is 11.1. The topological polar surface area (TPSA) is 0 Å². The molecule has 0 aromatic heterocycles. The minimum absolute atomic E-state index is 0.513. The van der Waals surface area contributed by atoms with Crippen LogP contribution in [0.5, 0.6) is 0 Å². The van der Waals surface area contributed by atoms with Gasteiger partial charge in [-0.2, -0.15) is 0 Å². The van der Waals surface area contributed by atoms with E-state index in [1.54, 1.807) is 12.1 Å². The molecule has 1 aromatic carbocycles. The van der Waals surface area contributed by atoms with Crippen LogP contribution >= 0.6 is 0 Å². The zero-order chi connectivity index (χ0) is 14.8. The summed E-state index contributed by atoms with van der Waals surface area (Å²) in [5.41, 5.74) is 1.18. The maximum atomic E-state index is 13.0. The Hall–Kier alpha value is -2.19. The van der Waals surface area contributed by atoms with Crippen LogP contribution < -0.4 is 6.07 Å². The monoisotopic (exact) mass is 522 g/mol. The third-order valence-corrected chi connectivity index (χ3v) is 6.66. The molecule has 20 heavy (non-hydrogen) atoms. The molecule has 0 N–H and O–H groups in total. The van der Waals surface area contributed by atoms with E-state index in [-0.39, 0.29) is 0 Å². The minimum atomic E-state index is -4.78. The summed E-state index contributed by atoms with van der Waals surface area (Å²) in [6, 6.07) is 7.64. The first kappa shape index (κ1) is 14.2. The molecule has 115 valence electrons. The van der Waals surface area contributed by atoms with E-state index in [1.165, 1.54) is 18.4 Å². The van der Waals surface area contributed by atoms with E-state index in [0.29, 0.717) is 12.0 Å². The quantitative estimate of drug-likeness (QED) is 0.505. The molecule has 5 heteroatoms. The summed E-state index contributed by atoms with van der Waals surface area (Å²) in [5.74, 6) is 1.29. The van der Waals surface area contributed by atoms with Crippen LogP contribution in [0.1, 0.15) is 44.1 Å². The maximum absolute atomic E-state index is 13.0. The van der Waals surface area contributed by atoms with Crippen molar-refractivity contribution in [1.82, 2.24) is 0 Å². The van der Waals surface area contributed by atoms with Gasteiger partial charge in [0, 0.05) is 0 Å². The fraction of sp³-hybridized carbons (Fsp3) is 0.533. The Bertz CT molecular complexity index is 468. The Morgan fingerprint density at radius 2 is 1.60 bits per heavy atom. The predicted octanol–water partition coefficient (Wildman–Crippen LogP) is 4.35. The average molecular weight is 524 g/mol. The molecule has 0 saturated heterocycles. The van der Waals surface area contributed by atoms with Gasteiger partial charge in [-0.25, -0.2) is 0 Å². The van der Waals surface area contributed by atoms with Crippen LogP contribution in [0.25, 0.3) is 0 Å². The van der Waals surface area contributed by atoms with Crippen LogP contribution in [-0.2, 0) is 0 Å². The summed E-state index contributed by atoms with van der Waals surface area (Å²) < 4.78 is 47.3. The molecule has 0 radical (unpaired) electrons. The fourth-order valence-corrected chi connectivity index (χ4v) is 4.41. The molecule has 1 saturated carbocycles. The zero-order valence-corrected chi connectivity index (χ0v) is 13.8. The van der Waals surface area contributed by atoms with Crippen molar-refractivity contribution in [2.75, 3.05) is 0 Å². The predicted molar refractivity (Wildman–Crippen MR) is 68.6 cm³/mol. The molecular formula is C15H17CfF4. The Balaban J connectivity index is 2.07. The Morgan fingerprint density at radius 1 is 1.05 bits per heavy atom. The summed E-state index contributed by atoms with van der Waals surface area (Å²) in [6.07, 6.45) is -0.0889. The molecule has 1 aromatic rings. The fourth-order valence-electron chi connectivity index (χ4n) is 2.50. The summed E-state index contributed by atoms with van der Waals surface area (Å²) in [4.78, 5) is 0. The van der Waals surface area contributed by atoms with Crippen molar-refractivity contribution in [1.29, 1.82) is 0 Å². The first-order valence-corrected chi connectivity index (χ1v) is 9.28. The van der Waals surface area contributed by atoms with E-state index >= 15 is 0 Å². The second kappa shape index (κ2) is 5.43. The van der Waals surface area contributed by atoms with Crippen LogP contribution in [0.4, 0.5) is 17.6 Å². The molecule has 0 unspecified atom stereocenters.